The summed E-state index contributed by atoms with van der Waals surface area (Å²) in [6.07, 6.45) is 3.52. The fourth-order valence-corrected chi connectivity index (χ4v) is 3.76. The lowest BCUT2D eigenvalue weighted by Gasteiger charge is -2.30. The van der Waals surface area contributed by atoms with E-state index in [0.717, 1.165) is 54.8 Å². The van der Waals surface area contributed by atoms with Gasteiger partial charge in [-0.1, -0.05) is 25.1 Å². The summed E-state index contributed by atoms with van der Waals surface area (Å²) in [5, 5.41) is 3.44. The highest BCUT2D eigenvalue weighted by molar-refractivity contribution is 5.63. The van der Waals surface area contributed by atoms with E-state index in [-0.39, 0.29) is 0 Å². The predicted octanol–water partition coefficient (Wildman–Crippen LogP) is 4.36. The lowest BCUT2D eigenvalue weighted by Crippen LogP contribution is -2.31. The zero-order chi connectivity index (χ0) is 20.2. The minimum absolute atomic E-state index is 0.759. The Labute approximate surface area is 171 Å². The Morgan fingerprint density at radius 3 is 2.52 bits per heavy atom. The van der Waals surface area contributed by atoms with E-state index in [1.807, 2.05) is 12.1 Å². The van der Waals surface area contributed by atoms with Crippen LogP contribution in [0.3, 0.4) is 0 Å². The van der Waals surface area contributed by atoms with E-state index in [0.29, 0.717) is 0 Å². The molecule has 6 nitrogen and oxygen atoms in total. The van der Waals surface area contributed by atoms with Gasteiger partial charge in [-0.15, -0.1) is 0 Å². The Balaban J connectivity index is 1.56. The van der Waals surface area contributed by atoms with E-state index < -0.39 is 0 Å². The molecule has 0 saturated carbocycles. The number of fused-ring (bicyclic) bond motifs is 1. The first kappa shape index (κ1) is 19.1. The molecule has 3 aromatic rings. The second-order valence-electron chi connectivity index (χ2n) is 7.04. The standard InChI is InChI=1S/C23H26N4O2/c1-4-16-7-5-6-8-19(16)26-22-13-23(25-15-24-22)27-10-9-17-11-20(28-2)21(29-3)12-18(17)14-27/h5-8,11-13,15H,4,9-10,14H2,1-3H3,(H,24,25,26). The molecule has 2 aromatic carbocycles. The van der Waals surface area contributed by atoms with Crippen LogP contribution in [0.25, 0.3) is 0 Å². The van der Waals surface area contributed by atoms with Gasteiger partial charge in [-0.25, -0.2) is 9.97 Å². The van der Waals surface area contributed by atoms with Crippen LogP contribution in [0, 0.1) is 0 Å². The molecule has 0 saturated heterocycles. The summed E-state index contributed by atoms with van der Waals surface area (Å²) in [4.78, 5) is 11.2. The number of nitrogens with zero attached hydrogens (tertiary/aromatic N) is 3. The Morgan fingerprint density at radius 1 is 1.00 bits per heavy atom. The molecule has 0 unspecified atom stereocenters. The Hall–Kier alpha value is -3.28. The van der Waals surface area contributed by atoms with Crippen LogP contribution in [-0.2, 0) is 19.4 Å². The molecule has 29 heavy (non-hydrogen) atoms. The summed E-state index contributed by atoms with van der Waals surface area (Å²) in [6.45, 7) is 3.82. The van der Waals surface area contributed by atoms with Gasteiger partial charge in [0, 0.05) is 24.8 Å². The van der Waals surface area contributed by atoms with Crippen LogP contribution < -0.4 is 19.7 Å². The van der Waals surface area contributed by atoms with Gasteiger partial charge in [0.1, 0.15) is 18.0 Å². The minimum atomic E-state index is 0.759. The van der Waals surface area contributed by atoms with Crippen molar-refractivity contribution in [2.24, 2.45) is 0 Å². The SMILES string of the molecule is CCc1ccccc1Nc1cc(N2CCc3cc(OC)c(OC)cc3C2)ncn1. The van der Waals surface area contributed by atoms with E-state index in [1.54, 1.807) is 20.5 Å². The van der Waals surface area contributed by atoms with Gasteiger partial charge in [-0.2, -0.15) is 0 Å². The molecule has 1 aliphatic heterocycles. The fraction of sp³-hybridized carbons (Fsp3) is 0.304. The van der Waals surface area contributed by atoms with E-state index in [1.165, 1.54) is 16.7 Å². The Bertz CT molecular complexity index is 1010. The highest BCUT2D eigenvalue weighted by Gasteiger charge is 2.21. The number of hydrogen-bond acceptors (Lipinski definition) is 6. The number of nitrogens with one attached hydrogen (secondary N) is 1. The molecule has 0 aliphatic carbocycles. The van der Waals surface area contributed by atoms with Gasteiger partial charge in [0.25, 0.3) is 0 Å². The molecule has 1 aliphatic rings. The molecule has 6 heteroatoms. The average molecular weight is 390 g/mol. The highest BCUT2D eigenvalue weighted by Crippen LogP contribution is 2.34. The first-order valence-corrected chi connectivity index (χ1v) is 9.87. The molecule has 0 atom stereocenters. The number of para-hydroxylation sites is 1. The molecule has 0 fully saturated rings. The summed E-state index contributed by atoms with van der Waals surface area (Å²) in [5.41, 5.74) is 4.88. The largest absolute Gasteiger partial charge is 0.493 e. The monoisotopic (exact) mass is 390 g/mol. The molecule has 2 heterocycles. The van der Waals surface area contributed by atoms with Crippen molar-refractivity contribution < 1.29 is 9.47 Å². The molecular weight excluding hydrogens is 364 g/mol. The van der Waals surface area contributed by atoms with Crippen LogP contribution in [0.2, 0.25) is 0 Å². The van der Waals surface area contributed by atoms with Gasteiger partial charge in [-0.05, 0) is 47.7 Å². The van der Waals surface area contributed by atoms with Gasteiger partial charge < -0.3 is 19.7 Å². The smallest absolute Gasteiger partial charge is 0.161 e. The van der Waals surface area contributed by atoms with Crippen LogP contribution in [0.15, 0.2) is 48.8 Å². The number of ether oxygens (including phenoxy) is 2. The quantitative estimate of drug-likeness (QED) is 0.675. The van der Waals surface area contributed by atoms with Gasteiger partial charge in [0.05, 0.1) is 14.2 Å². The lowest BCUT2D eigenvalue weighted by molar-refractivity contribution is 0.353. The second-order valence-corrected chi connectivity index (χ2v) is 7.04. The van der Waals surface area contributed by atoms with Gasteiger partial charge >= 0.3 is 0 Å². The van der Waals surface area contributed by atoms with Gasteiger partial charge in [0.15, 0.2) is 11.5 Å². The second kappa shape index (κ2) is 8.39. The zero-order valence-electron chi connectivity index (χ0n) is 17.1. The van der Waals surface area contributed by atoms with E-state index in [2.05, 4.69) is 57.4 Å². The highest BCUT2D eigenvalue weighted by atomic mass is 16.5. The Kier molecular flexibility index (Phi) is 5.51. The maximum absolute atomic E-state index is 5.47. The third-order valence-electron chi connectivity index (χ3n) is 5.36. The third kappa shape index (κ3) is 3.97. The molecule has 1 N–H and O–H groups in total. The number of anilines is 3. The molecule has 4 rings (SSSR count). The van der Waals surface area contributed by atoms with Crippen molar-refractivity contribution in [2.75, 3.05) is 31.0 Å². The maximum Gasteiger partial charge on any atom is 0.161 e. The van der Waals surface area contributed by atoms with Gasteiger partial charge in [-0.3, -0.25) is 0 Å². The summed E-state index contributed by atoms with van der Waals surface area (Å²) >= 11 is 0. The molecule has 150 valence electrons. The van der Waals surface area contributed by atoms with Crippen LogP contribution in [0.4, 0.5) is 17.3 Å². The van der Waals surface area contributed by atoms with Crippen LogP contribution in [-0.4, -0.2) is 30.7 Å². The molecule has 0 bridgehead atoms. The first-order chi connectivity index (χ1) is 14.2. The average Bonchev–Trinajstić information content (AvgIpc) is 2.78. The molecule has 1 aromatic heterocycles. The maximum atomic E-state index is 5.47. The molecule has 0 amide bonds. The number of methoxy groups -OCH3 is 2. The van der Waals surface area contributed by atoms with Crippen molar-refractivity contribution in [3.63, 3.8) is 0 Å². The number of aryl methyl sites for hydroxylation is 1. The van der Waals surface area contributed by atoms with Crippen LogP contribution >= 0.6 is 0 Å². The van der Waals surface area contributed by atoms with Crippen molar-refractivity contribution in [2.45, 2.75) is 26.3 Å². The van der Waals surface area contributed by atoms with E-state index >= 15 is 0 Å². The first-order valence-electron chi connectivity index (χ1n) is 9.87. The number of aromatic nitrogens is 2. The summed E-state index contributed by atoms with van der Waals surface area (Å²) in [6, 6.07) is 14.5. The van der Waals surface area contributed by atoms with Crippen molar-refractivity contribution >= 4 is 17.3 Å². The number of benzene rings is 2. The van der Waals surface area contributed by atoms with E-state index in [9.17, 15) is 0 Å². The zero-order valence-corrected chi connectivity index (χ0v) is 17.1. The minimum Gasteiger partial charge on any atom is -0.493 e. The molecule has 0 spiro atoms. The topological polar surface area (TPSA) is 59.5 Å². The van der Waals surface area contributed by atoms with Gasteiger partial charge in [0.2, 0.25) is 0 Å². The number of hydrogen-bond donors (Lipinski definition) is 1. The lowest BCUT2D eigenvalue weighted by atomic mass is 9.99. The van der Waals surface area contributed by atoms with Crippen molar-refractivity contribution in [3.8, 4) is 11.5 Å². The van der Waals surface area contributed by atoms with Crippen LogP contribution in [0.5, 0.6) is 11.5 Å². The van der Waals surface area contributed by atoms with E-state index in [4.69, 9.17) is 9.47 Å². The predicted molar refractivity (Wildman–Crippen MR) is 115 cm³/mol. The normalized spacial score (nSPS) is 13.0. The Morgan fingerprint density at radius 2 is 1.76 bits per heavy atom. The summed E-state index contributed by atoms with van der Waals surface area (Å²) in [5.74, 6) is 3.25. The van der Waals surface area contributed by atoms with Crippen LogP contribution in [0.1, 0.15) is 23.6 Å². The van der Waals surface area contributed by atoms with Crippen molar-refractivity contribution in [1.29, 1.82) is 0 Å². The molecular formula is C23H26N4O2. The summed E-state index contributed by atoms with van der Waals surface area (Å²) < 4.78 is 10.9. The number of rotatable bonds is 6. The molecule has 0 radical (unpaired) electrons. The fourth-order valence-electron chi connectivity index (χ4n) is 3.76. The van der Waals surface area contributed by atoms with Crippen molar-refractivity contribution in [3.05, 3.63) is 65.5 Å². The van der Waals surface area contributed by atoms with Crippen molar-refractivity contribution in [1.82, 2.24) is 9.97 Å². The summed E-state index contributed by atoms with van der Waals surface area (Å²) in [7, 11) is 3.34. The third-order valence-corrected chi connectivity index (χ3v) is 5.36.